The Morgan fingerprint density at radius 3 is 2.77 bits per heavy atom. The quantitative estimate of drug-likeness (QED) is 0.750. The van der Waals surface area contributed by atoms with E-state index in [2.05, 4.69) is 15.7 Å². The molecule has 0 aliphatic carbocycles. The Morgan fingerprint density at radius 1 is 1.31 bits per heavy atom. The molecule has 1 heterocycles. The summed E-state index contributed by atoms with van der Waals surface area (Å²) in [6.07, 6.45) is 2.50. The minimum absolute atomic E-state index is 0.581. The third-order valence-corrected chi connectivity index (χ3v) is 2.69. The van der Waals surface area contributed by atoms with Gasteiger partial charge in [0.25, 0.3) is 0 Å². The van der Waals surface area contributed by atoms with Crippen molar-refractivity contribution in [2.75, 3.05) is 0 Å². The van der Waals surface area contributed by atoms with E-state index in [-0.39, 0.29) is 0 Å². The molecule has 0 aliphatic heterocycles. The summed E-state index contributed by atoms with van der Waals surface area (Å²) in [6.45, 7) is 0. The molecule has 0 saturated carbocycles. The topological polar surface area (TPSA) is 25.8 Å². The Hall–Kier alpha value is -0.640. The Bertz CT molecular complexity index is 414. The molecule has 0 atom stereocenters. The Balaban J connectivity index is 2.53. The maximum Gasteiger partial charge on any atom is 0.212 e. The van der Waals surface area contributed by atoms with Crippen LogP contribution in [0.4, 0.5) is 0 Å². The summed E-state index contributed by atoms with van der Waals surface area (Å²) >= 11 is 13.0. The van der Waals surface area contributed by atoms with Crippen LogP contribution in [0.3, 0.4) is 0 Å². The Kier molecular flexibility index (Phi) is 2.49. The molecule has 0 N–H and O–H groups in total. The molecule has 0 bridgehead atoms. The van der Waals surface area contributed by atoms with Gasteiger partial charge >= 0.3 is 0 Å². The zero-order valence-corrected chi connectivity index (χ0v) is 8.62. The van der Waals surface area contributed by atoms with E-state index in [1.54, 1.807) is 12.1 Å². The molecule has 0 aliphatic rings. The minimum atomic E-state index is 0.581. The average Bonchev–Trinajstić information content (AvgIpc) is 2.56. The van der Waals surface area contributed by atoms with E-state index in [1.165, 1.54) is 11.5 Å². The molecule has 1 aromatic heterocycles. The van der Waals surface area contributed by atoms with Crippen LogP contribution in [-0.4, -0.2) is 9.36 Å². The predicted molar refractivity (Wildman–Crippen MR) is 54.2 cm³/mol. The number of benzene rings is 1. The van der Waals surface area contributed by atoms with Gasteiger partial charge in [0.2, 0.25) is 6.33 Å². The molecule has 1 radical (unpaired) electrons. The largest absolute Gasteiger partial charge is 0.212 e. The van der Waals surface area contributed by atoms with Crippen LogP contribution in [0.1, 0.15) is 0 Å². The van der Waals surface area contributed by atoms with Gasteiger partial charge in [-0.25, -0.2) is 4.98 Å². The molecular formula is C8H3Cl2N2S. The van der Waals surface area contributed by atoms with Crippen LogP contribution in [0.5, 0.6) is 0 Å². The van der Waals surface area contributed by atoms with Crippen LogP contribution in [0.25, 0.3) is 10.6 Å². The van der Waals surface area contributed by atoms with E-state index < -0.39 is 0 Å². The van der Waals surface area contributed by atoms with Crippen molar-refractivity contribution in [1.29, 1.82) is 0 Å². The summed E-state index contributed by atoms with van der Waals surface area (Å²) in [5.74, 6) is 0. The minimum Gasteiger partial charge on any atom is -0.212 e. The summed E-state index contributed by atoms with van der Waals surface area (Å²) < 4.78 is 3.78. The number of aromatic nitrogens is 2. The molecule has 0 fully saturated rings. The Morgan fingerprint density at radius 2 is 2.15 bits per heavy atom. The fourth-order valence-electron chi connectivity index (χ4n) is 0.922. The van der Waals surface area contributed by atoms with E-state index in [0.717, 1.165) is 10.6 Å². The second kappa shape index (κ2) is 3.62. The van der Waals surface area contributed by atoms with E-state index >= 15 is 0 Å². The number of rotatable bonds is 1. The lowest BCUT2D eigenvalue weighted by Gasteiger charge is -1.98. The second-order valence-electron chi connectivity index (χ2n) is 2.32. The lowest BCUT2D eigenvalue weighted by atomic mass is 10.2. The van der Waals surface area contributed by atoms with Crippen molar-refractivity contribution in [3.8, 4) is 10.6 Å². The first-order valence-electron chi connectivity index (χ1n) is 3.42. The summed E-state index contributed by atoms with van der Waals surface area (Å²) in [5.41, 5.74) is 0.838. The van der Waals surface area contributed by atoms with Gasteiger partial charge in [0.1, 0.15) is 5.01 Å². The molecule has 65 valence electrons. The zero-order valence-electron chi connectivity index (χ0n) is 6.29. The van der Waals surface area contributed by atoms with Gasteiger partial charge in [-0.15, -0.1) is 0 Å². The van der Waals surface area contributed by atoms with Crippen molar-refractivity contribution in [2.24, 2.45) is 0 Å². The second-order valence-corrected chi connectivity index (χ2v) is 3.92. The van der Waals surface area contributed by atoms with Gasteiger partial charge in [-0.2, -0.15) is 4.37 Å². The van der Waals surface area contributed by atoms with Crippen LogP contribution < -0.4 is 0 Å². The highest BCUT2D eigenvalue weighted by Gasteiger charge is 2.06. The summed E-state index contributed by atoms with van der Waals surface area (Å²) in [5, 5.41) is 1.95. The Labute approximate surface area is 89.3 Å². The van der Waals surface area contributed by atoms with E-state index in [9.17, 15) is 0 Å². The third kappa shape index (κ3) is 1.82. The van der Waals surface area contributed by atoms with Crippen molar-refractivity contribution in [3.05, 3.63) is 34.6 Å². The molecule has 1 aromatic carbocycles. The zero-order chi connectivity index (χ0) is 9.26. The van der Waals surface area contributed by atoms with Crippen molar-refractivity contribution in [1.82, 2.24) is 9.36 Å². The van der Waals surface area contributed by atoms with Gasteiger partial charge in [-0.05, 0) is 29.7 Å². The standard InChI is InChI=1S/C8H3Cl2N2S/c9-5-1-2-6(7(10)3-5)8-11-4-12-13-8/h1-3H. The monoisotopic (exact) mass is 229 g/mol. The number of halogens is 2. The predicted octanol–water partition coefficient (Wildman–Crippen LogP) is 3.31. The lowest BCUT2D eigenvalue weighted by molar-refractivity contribution is 1.31. The molecular weight excluding hydrogens is 227 g/mol. The number of hydrogen-bond donors (Lipinski definition) is 0. The highest BCUT2D eigenvalue weighted by atomic mass is 35.5. The van der Waals surface area contributed by atoms with Crippen LogP contribution >= 0.6 is 34.7 Å². The van der Waals surface area contributed by atoms with Crippen LogP contribution in [0.15, 0.2) is 18.2 Å². The molecule has 0 spiro atoms. The molecule has 2 aromatic rings. The van der Waals surface area contributed by atoms with Gasteiger partial charge in [0.15, 0.2) is 0 Å². The molecule has 0 amide bonds. The first kappa shape index (κ1) is 8.94. The van der Waals surface area contributed by atoms with Crippen LogP contribution in [0.2, 0.25) is 10.0 Å². The van der Waals surface area contributed by atoms with Crippen LogP contribution in [-0.2, 0) is 0 Å². The van der Waals surface area contributed by atoms with Crippen molar-refractivity contribution >= 4 is 34.7 Å². The van der Waals surface area contributed by atoms with Gasteiger partial charge in [0.05, 0.1) is 5.02 Å². The summed E-state index contributed by atoms with van der Waals surface area (Å²) in [4.78, 5) is 3.93. The normalized spacial score (nSPS) is 10.3. The fourth-order valence-corrected chi connectivity index (χ4v) is 2.00. The smallest absolute Gasteiger partial charge is 0.212 e. The first-order chi connectivity index (χ1) is 6.27. The molecule has 0 saturated heterocycles. The first-order valence-corrected chi connectivity index (χ1v) is 4.95. The highest BCUT2D eigenvalue weighted by Crippen LogP contribution is 2.30. The highest BCUT2D eigenvalue weighted by molar-refractivity contribution is 7.09. The molecule has 13 heavy (non-hydrogen) atoms. The molecule has 0 unspecified atom stereocenters. The van der Waals surface area contributed by atoms with E-state index in [0.29, 0.717) is 10.0 Å². The fraction of sp³-hybridized carbons (Fsp3) is 0. The molecule has 5 heteroatoms. The van der Waals surface area contributed by atoms with Crippen LogP contribution in [0, 0.1) is 6.33 Å². The summed E-state index contributed by atoms with van der Waals surface area (Å²) in [6, 6.07) is 5.27. The van der Waals surface area contributed by atoms with Gasteiger partial charge in [-0.1, -0.05) is 23.2 Å². The summed E-state index contributed by atoms with van der Waals surface area (Å²) in [7, 11) is 0. The van der Waals surface area contributed by atoms with Crippen molar-refractivity contribution in [2.45, 2.75) is 0 Å². The maximum atomic E-state index is 5.96. The molecule has 2 nitrogen and oxygen atoms in total. The van der Waals surface area contributed by atoms with Gasteiger partial charge in [0, 0.05) is 10.6 Å². The average molecular weight is 230 g/mol. The third-order valence-electron chi connectivity index (χ3n) is 1.49. The number of hydrogen-bond acceptors (Lipinski definition) is 3. The van der Waals surface area contributed by atoms with Crippen molar-refractivity contribution in [3.63, 3.8) is 0 Å². The van der Waals surface area contributed by atoms with E-state index in [1.807, 2.05) is 6.07 Å². The van der Waals surface area contributed by atoms with E-state index in [4.69, 9.17) is 23.2 Å². The van der Waals surface area contributed by atoms with Gasteiger partial charge < -0.3 is 0 Å². The molecule has 2 rings (SSSR count). The number of nitrogens with zero attached hydrogens (tertiary/aromatic N) is 2. The van der Waals surface area contributed by atoms with Gasteiger partial charge in [-0.3, -0.25) is 0 Å². The van der Waals surface area contributed by atoms with Crippen molar-refractivity contribution < 1.29 is 0 Å². The maximum absolute atomic E-state index is 5.96. The lowest BCUT2D eigenvalue weighted by Crippen LogP contribution is -1.77. The SMILES string of the molecule is Clc1ccc(-c2n[c]ns2)c(Cl)c1.